The van der Waals surface area contributed by atoms with E-state index in [0.29, 0.717) is 5.56 Å². The number of hydrogen-bond acceptors (Lipinski definition) is 3. The van der Waals surface area contributed by atoms with Gasteiger partial charge in [0.1, 0.15) is 11.5 Å². The van der Waals surface area contributed by atoms with Crippen molar-refractivity contribution in [3.05, 3.63) is 164 Å². The van der Waals surface area contributed by atoms with Crippen LogP contribution < -0.4 is 4.74 Å². The summed E-state index contributed by atoms with van der Waals surface area (Å²) in [6.45, 7) is 0. The summed E-state index contributed by atoms with van der Waals surface area (Å²) in [5, 5.41) is 19.0. The van der Waals surface area contributed by atoms with Gasteiger partial charge in [0.25, 0.3) is 0 Å². The van der Waals surface area contributed by atoms with Gasteiger partial charge in [-0.25, -0.2) is 0 Å². The maximum Gasteiger partial charge on any atom is 0.135 e. The van der Waals surface area contributed by atoms with Crippen LogP contribution in [0.2, 0.25) is 0 Å². The van der Waals surface area contributed by atoms with E-state index in [1.807, 2.05) is 48.8 Å². The summed E-state index contributed by atoms with van der Waals surface area (Å²) in [4.78, 5) is 4.42. The predicted octanol–water partition coefficient (Wildman–Crippen LogP) is 12.3. The SMILES string of the molecule is N#Cc1ccc2c3c(cccc13)Oc1cc(-c3ccc(-c4cc5c6ccccc6c(-c6cccnc6)cc5c5ccccc45)cc3)ccc1-2. The van der Waals surface area contributed by atoms with Crippen molar-refractivity contribution in [2.24, 2.45) is 0 Å². The first-order valence-corrected chi connectivity index (χ1v) is 16.4. The maximum absolute atomic E-state index is 9.66. The number of benzene rings is 8. The molecule has 0 bridgehead atoms. The molecule has 0 aliphatic carbocycles. The average Bonchev–Trinajstić information content (AvgIpc) is 3.17. The fraction of sp³-hybridized carbons (Fsp3) is 0. The molecule has 3 heteroatoms. The third kappa shape index (κ3) is 4.18. The lowest BCUT2D eigenvalue weighted by Crippen LogP contribution is -1.98. The molecule has 0 spiro atoms. The van der Waals surface area contributed by atoms with Crippen molar-refractivity contribution in [3.63, 3.8) is 0 Å². The number of rotatable bonds is 3. The molecular formula is C46H26N2O. The first-order chi connectivity index (χ1) is 24.2. The zero-order valence-corrected chi connectivity index (χ0v) is 26.3. The summed E-state index contributed by atoms with van der Waals surface area (Å²) < 4.78 is 6.45. The second-order valence-electron chi connectivity index (χ2n) is 12.6. The Kier molecular flexibility index (Phi) is 5.94. The molecule has 0 saturated heterocycles. The summed E-state index contributed by atoms with van der Waals surface area (Å²) in [6, 6.07) is 53.7. The van der Waals surface area contributed by atoms with Crippen LogP contribution >= 0.6 is 0 Å². The second-order valence-corrected chi connectivity index (χ2v) is 12.6. The Morgan fingerprint density at radius 3 is 1.76 bits per heavy atom. The van der Waals surface area contributed by atoms with E-state index in [2.05, 4.69) is 120 Å². The van der Waals surface area contributed by atoms with E-state index < -0.39 is 0 Å². The van der Waals surface area contributed by atoms with Gasteiger partial charge < -0.3 is 4.74 Å². The molecule has 49 heavy (non-hydrogen) atoms. The average molecular weight is 623 g/mol. The molecular weight excluding hydrogens is 597 g/mol. The quantitative estimate of drug-likeness (QED) is 0.184. The lowest BCUT2D eigenvalue weighted by molar-refractivity contribution is 0.487. The van der Waals surface area contributed by atoms with Gasteiger partial charge in [-0.05, 0) is 108 Å². The minimum Gasteiger partial charge on any atom is -0.456 e. The summed E-state index contributed by atoms with van der Waals surface area (Å²) in [5.74, 6) is 1.61. The molecule has 9 aromatic rings. The smallest absolute Gasteiger partial charge is 0.135 e. The first kappa shape index (κ1) is 27.4. The molecule has 0 amide bonds. The van der Waals surface area contributed by atoms with E-state index in [0.717, 1.165) is 50.1 Å². The van der Waals surface area contributed by atoms with Crippen LogP contribution in [0.25, 0.3) is 87.6 Å². The number of fused-ring (bicyclic) bond motifs is 7. The highest BCUT2D eigenvalue weighted by molar-refractivity contribution is 6.23. The van der Waals surface area contributed by atoms with Crippen LogP contribution in [-0.2, 0) is 0 Å². The zero-order chi connectivity index (χ0) is 32.5. The molecule has 1 aromatic heterocycles. The van der Waals surface area contributed by atoms with Gasteiger partial charge in [0.05, 0.1) is 11.6 Å². The summed E-state index contributed by atoms with van der Waals surface area (Å²) in [5.41, 5.74) is 9.69. The van der Waals surface area contributed by atoms with Crippen LogP contribution in [0.4, 0.5) is 0 Å². The van der Waals surface area contributed by atoms with Gasteiger partial charge in [0.15, 0.2) is 0 Å². The first-order valence-electron chi connectivity index (χ1n) is 16.4. The Hall–Kier alpha value is -6.76. The van der Waals surface area contributed by atoms with Gasteiger partial charge in [0, 0.05) is 34.3 Å². The number of pyridine rings is 1. The van der Waals surface area contributed by atoms with Crippen LogP contribution in [0.5, 0.6) is 11.5 Å². The molecule has 1 aliphatic rings. The zero-order valence-electron chi connectivity index (χ0n) is 26.3. The minimum absolute atomic E-state index is 0.659. The monoisotopic (exact) mass is 622 g/mol. The number of nitrogens with zero attached hydrogens (tertiary/aromatic N) is 2. The fourth-order valence-corrected chi connectivity index (χ4v) is 7.70. The molecule has 0 fully saturated rings. The standard InChI is InChI=1S/C46H26N2O/c47-26-31-19-21-39-38-20-18-30(23-45(38)49-44-13-5-12-33(31)46(39)44)28-14-16-29(17-15-28)40-24-42-37-11-4-2-9-35(37)41(32-7-6-22-48-27-32)25-43(42)36-10-3-1-8-34(36)40/h1-25,27H. The van der Waals surface area contributed by atoms with E-state index in [9.17, 15) is 5.26 Å². The van der Waals surface area contributed by atoms with E-state index in [4.69, 9.17) is 4.74 Å². The molecule has 226 valence electrons. The summed E-state index contributed by atoms with van der Waals surface area (Å²) in [6.07, 6.45) is 3.77. The number of hydrogen-bond donors (Lipinski definition) is 0. The highest BCUT2D eigenvalue weighted by Crippen LogP contribution is 2.48. The molecule has 10 rings (SSSR count). The number of nitriles is 1. The highest BCUT2D eigenvalue weighted by Gasteiger charge is 2.22. The third-order valence-electron chi connectivity index (χ3n) is 10.00. The van der Waals surface area contributed by atoms with Crippen molar-refractivity contribution in [2.45, 2.75) is 0 Å². The molecule has 0 radical (unpaired) electrons. The van der Waals surface area contributed by atoms with Crippen LogP contribution in [0.1, 0.15) is 5.56 Å². The molecule has 0 atom stereocenters. The lowest BCUT2D eigenvalue weighted by atomic mass is 9.87. The van der Waals surface area contributed by atoms with Gasteiger partial charge in [-0.1, -0.05) is 103 Å². The predicted molar refractivity (Wildman–Crippen MR) is 201 cm³/mol. The maximum atomic E-state index is 9.66. The van der Waals surface area contributed by atoms with Crippen molar-refractivity contribution in [1.29, 1.82) is 5.26 Å². The van der Waals surface area contributed by atoms with E-state index in [1.165, 1.54) is 49.0 Å². The number of ether oxygens (including phenoxy) is 1. The van der Waals surface area contributed by atoms with Gasteiger partial charge in [0.2, 0.25) is 0 Å². The van der Waals surface area contributed by atoms with E-state index in [1.54, 1.807) is 0 Å². The van der Waals surface area contributed by atoms with Crippen molar-refractivity contribution in [2.75, 3.05) is 0 Å². The third-order valence-corrected chi connectivity index (χ3v) is 10.00. The van der Waals surface area contributed by atoms with Crippen LogP contribution in [0.15, 0.2) is 158 Å². The van der Waals surface area contributed by atoms with Crippen molar-refractivity contribution in [3.8, 4) is 62.1 Å². The Balaban J connectivity index is 1.09. The van der Waals surface area contributed by atoms with E-state index in [-0.39, 0.29) is 0 Å². The van der Waals surface area contributed by atoms with Crippen molar-refractivity contribution < 1.29 is 4.74 Å². The second kappa shape index (κ2) is 10.6. The lowest BCUT2D eigenvalue weighted by Gasteiger charge is -2.22. The van der Waals surface area contributed by atoms with Crippen molar-refractivity contribution in [1.82, 2.24) is 4.98 Å². The van der Waals surface area contributed by atoms with Gasteiger partial charge in [-0.2, -0.15) is 5.26 Å². The topological polar surface area (TPSA) is 45.9 Å². The Morgan fingerprint density at radius 1 is 0.429 bits per heavy atom. The summed E-state index contributed by atoms with van der Waals surface area (Å²) in [7, 11) is 0. The van der Waals surface area contributed by atoms with Crippen LogP contribution in [0, 0.1) is 11.3 Å². The molecule has 0 unspecified atom stereocenters. The van der Waals surface area contributed by atoms with Crippen LogP contribution in [0.3, 0.4) is 0 Å². The fourth-order valence-electron chi connectivity index (χ4n) is 7.70. The molecule has 0 saturated carbocycles. The Bertz CT molecular complexity index is 2850. The normalized spacial score (nSPS) is 11.8. The summed E-state index contributed by atoms with van der Waals surface area (Å²) >= 11 is 0. The molecule has 2 heterocycles. The van der Waals surface area contributed by atoms with E-state index >= 15 is 0 Å². The Morgan fingerprint density at radius 2 is 1.06 bits per heavy atom. The van der Waals surface area contributed by atoms with Gasteiger partial charge in [-0.3, -0.25) is 4.98 Å². The molecule has 0 N–H and O–H groups in total. The van der Waals surface area contributed by atoms with Gasteiger partial charge in [-0.15, -0.1) is 0 Å². The molecule has 1 aliphatic heterocycles. The minimum atomic E-state index is 0.659. The van der Waals surface area contributed by atoms with Crippen molar-refractivity contribution >= 4 is 43.1 Å². The van der Waals surface area contributed by atoms with Crippen LogP contribution in [-0.4, -0.2) is 4.98 Å². The Labute approximate surface area is 282 Å². The highest BCUT2D eigenvalue weighted by atomic mass is 16.5. The molecule has 3 nitrogen and oxygen atoms in total. The number of aromatic nitrogens is 1. The largest absolute Gasteiger partial charge is 0.456 e. The molecule has 8 aromatic carbocycles. The van der Waals surface area contributed by atoms with Gasteiger partial charge >= 0.3 is 0 Å².